The molecule has 0 amide bonds. The second-order valence-electron chi connectivity index (χ2n) is 6.84. The van der Waals surface area contributed by atoms with Crippen LogP contribution in [0.25, 0.3) is 10.2 Å². The van der Waals surface area contributed by atoms with Crippen molar-refractivity contribution in [3.05, 3.63) is 51.7 Å². The topological polar surface area (TPSA) is 50.2 Å². The molecule has 0 aliphatic heterocycles. The van der Waals surface area contributed by atoms with Crippen molar-refractivity contribution in [1.82, 2.24) is 9.97 Å². The molecule has 0 atom stereocenters. The molecule has 1 N–H and O–H groups in total. The van der Waals surface area contributed by atoms with E-state index in [-0.39, 0.29) is 0 Å². The molecule has 126 valence electrons. The van der Waals surface area contributed by atoms with Gasteiger partial charge in [-0.15, -0.1) is 11.3 Å². The third-order valence-corrected chi connectivity index (χ3v) is 6.37. The SMILES string of the molecule is Cc1nc(N/N=C2/CCc3ccccc32)c2c3c(sc2n1)CCCC3. The van der Waals surface area contributed by atoms with Crippen molar-refractivity contribution in [2.75, 3.05) is 5.43 Å². The lowest BCUT2D eigenvalue weighted by Crippen LogP contribution is -2.04. The summed E-state index contributed by atoms with van der Waals surface area (Å²) in [5.74, 6) is 1.68. The molecular weight excluding hydrogens is 328 g/mol. The first kappa shape index (κ1) is 15.0. The summed E-state index contributed by atoms with van der Waals surface area (Å²) in [7, 11) is 0. The maximum absolute atomic E-state index is 4.74. The van der Waals surface area contributed by atoms with E-state index in [4.69, 9.17) is 5.10 Å². The van der Waals surface area contributed by atoms with Crippen molar-refractivity contribution in [1.29, 1.82) is 0 Å². The van der Waals surface area contributed by atoms with Gasteiger partial charge >= 0.3 is 0 Å². The van der Waals surface area contributed by atoms with Crippen LogP contribution in [0.15, 0.2) is 29.4 Å². The largest absolute Gasteiger partial charge is 0.260 e. The number of benzene rings is 1. The van der Waals surface area contributed by atoms with Crippen molar-refractivity contribution < 1.29 is 0 Å². The van der Waals surface area contributed by atoms with Crippen LogP contribution in [0.3, 0.4) is 0 Å². The summed E-state index contributed by atoms with van der Waals surface area (Å²) in [5.41, 5.74) is 8.52. The first-order valence-electron chi connectivity index (χ1n) is 8.99. The Bertz CT molecular complexity index is 1000. The number of thiophene rings is 1. The maximum atomic E-state index is 4.74. The number of hydrogen-bond donors (Lipinski definition) is 1. The lowest BCUT2D eigenvalue weighted by molar-refractivity contribution is 0.700. The number of hydrazone groups is 1. The van der Waals surface area contributed by atoms with Crippen molar-refractivity contribution in [2.45, 2.75) is 45.4 Å². The van der Waals surface area contributed by atoms with Gasteiger partial charge in [0.15, 0.2) is 5.82 Å². The number of anilines is 1. The van der Waals surface area contributed by atoms with Crippen LogP contribution in [0.5, 0.6) is 0 Å². The summed E-state index contributed by atoms with van der Waals surface area (Å²) in [4.78, 5) is 11.9. The number of aromatic nitrogens is 2. The molecule has 0 unspecified atom stereocenters. The van der Waals surface area contributed by atoms with Crippen molar-refractivity contribution in [3.63, 3.8) is 0 Å². The molecule has 0 saturated heterocycles. The van der Waals surface area contributed by atoms with E-state index < -0.39 is 0 Å². The molecule has 1 aromatic carbocycles. The fraction of sp³-hybridized carbons (Fsp3) is 0.350. The van der Waals surface area contributed by atoms with Crippen LogP contribution < -0.4 is 5.43 Å². The van der Waals surface area contributed by atoms with E-state index in [1.54, 1.807) is 0 Å². The van der Waals surface area contributed by atoms with Gasteiger partial charge in [-0.05, 0) is 56.6 Å². The summed E-state index contributed by atoms with van der Waals surface area (Å²) < 4.78 is 0. The first-order valence-corrected chi connectivity index (χ1v) is 9.81. The van der Waals surface area contributed by atoms with Crippen molar-refractivity contribution >= 4 is 33.1 Å². The van der Waals surface area contributed by atoms with Gasteiger partial charge in [-0.25, -0.2) is 9.97 Å². The highest BCUT2D eigenvalue weighted by atomic mass is 32.1. The van der Waals surface area contributed by atoms with Gasteiger partial charge in [0.25, 0.3) is 0 Å². The zero-order valence-electron chi connectivity index (χ0n) is 14.3. The Morgan fingerprint density at radius 2 is 1.92 bits per heavy atom. The van der Waals surface area contributed by atoms with E-state index in [1.807, 2.05) is 18.3 Å². The molecule has 3 aromatic rings. The Morgan fingerprint density at radius 1 is 1.04 bits per heavy atom. The Morgan fingerprint density at radius 3 is 2.88 bits per heavy atom. The van der Waals surface area contributed by atoms with Crippen LogP contribution in [0, 0.1) is 6.92 Å². The van der Waals surface area contributed by atoms with Crippen LogP contribution in [-0.2, 0) is 19.3 Å². The van der Waals surface area contributed by atoms with E-state index >= 15 is 0 Å². The van der Waals surface area contributed by atoms with Gasteiger partial charge in [0.05, 0.1) is 11.1 Å². The Kier molecular flexibility index (Phi) is 3.55. The van der Waals surface area contributed by atoms with Crippen molar-refractivity contribution in [2.24, 2.45) is 5.10 Å². The first-order chi connectivity index (χ1) is 12.3. The molecule has 5 rings (SSSR count). The van der Waals surface area contributed by atoms with E-state index in [0.717, 1.165) is 41.4 Å². The van der Waals surface area contributed by atoms with Gasteiger partial charge in [-0.1, -0.05) is 24.3 Å². The number of rotatable bonds is 2. The maximum Gasteiger partial charge on any atom is 0.159 e. The monoisotopic (exact) mass is 348 g/mol. The van der Waals surface area contributed by atoms with Crippen molar-refractivity contribution in [3.8, 4) is 0 Å². The molecule has 0 bridgehead atoms. The number of fused-ring (bicyclic) bond motifs is 4. The second kappa shape index (κ2) is 5.92. The van der Waals surface area contributed by atoms with Crippen LogP contribution in [-0.4, -0.2) is 15.7 Å². The molecule has 0 saturated carbocycles. The number of aryl methyl sites for hydroxylation is 4. The molecule has 4 nitrogen and oxygen atoms in total. The molecule has 2 heterocycles. The lowest BCUT2D eigenvalue weighted by Gasteiger charge is -2.12. The zero-order chi connectivity index (χ0) is 16.8. The summed E-state index contributed by atoms with van der Waals surface area (Å²) >= 11 is 1.84. The third-order valence-electron chi connectivity index (χ3n) is 5.18. The standard InChI is InChI=1S/C20H20N4S/c1-12-21-19(18-15-8-4-5-9-17(15)25-20(18)22-12)24-23-16-11-10-13-6-2-3-7-14(13)16/h2-3,6-7H,4-5,8-11H2,1H3,(H,21,22,24)/b23-16-. The molecule has 2 aliphatic carbocycles. The van der Waals surface area contributed by atoms with Crippen LogP contribution in [0.2, 0.25) is 0 Å². The average molecular weight is 348 g/mol. The number of nitrogens with one attached hydrogen (secondary N) is 1. The molecule has 2 aromatic heterocycles. The zero-order valence-corrected chi connectivity index (χ0v) is 15.1. The smallest absolute Gasteiger partial charge is 0.159 e. The molecule has 0 spiro atoms. The number of hydrogen-bond acceptors (Lipinski definition) is 5. The summed E-state index contributed by atoms with van der Waals surface area (Å²) in [6.07, 6.45) is 6.92. The molecule has 25 heavy (non-hydrogen) atoms. The van der Waals surface area contributed by atoms with Gasteiger partial charge in [0, 0.05) is 10.4 Å². The van der Waals surface area contributed by atoms with Crippen LogP contribution in [0.4, 0.5) is 5.82 Å². The minimum Gasteiger partial charge on any atom is -0.260 e. The number of nitrogens with zero attached hydrogens (tertiary/aromatic N) is 3. The molecule has 0 radical (unpaired) electrons. The van der Waals surface area contributed by atoms with Gasteiger partial charge < -0.3 is 0 Å². The minimum atomic E-state index is 0.806. The molecular formula is C20H20N4S. The summed E-state index contributed by atoms with van der Waals surface area (Å²) in [5, 5.41) is 5.93. The highest BCUT2D eigenvalue weighted by Gasteiger charge is 2.21. The van der Waals surface area contributed by atoms with Gasteiger partial charge in [-0.3, -0.25) is 5.43 Å². The van der Waals surface area contributed by atoms with Crippen LogP contribution in [0.1, 0.15) is 46.7 Å². The lowest BCUT2D eigenvalue weighted by atomic mass is 9.97. The second-order valence-corrected chi connectivity index (χ2v) is 7.92. The predicted molar refractivity (Wildman–Crippen MR) is 104 cm³/mol. The third kappa shape index (κ3) is 2.54. The average Bonchev–Trinajstić information content (AvgIpc) is 3.20. The van der Waals surface area contributed by atoms with E-state index in [1.165, 1.54) is 46.2 Å². The fourth-order valence-electron chi connectivity index (χ4n) is 3.99. The highest BCUT2D eigenvalue weighted by Crippen LogP contribution is 2.38. The quantitative estimate of drug-likeness (QED) is 0.686. The summed E-state index contributed by atoms with van der Waals surface area (Å²) in [6.45, 7) is 1.96. The van der Waals surface area contributed by atoms with Gasteiger partial charge in [0.1, 0.15) is 10.7 Å². The highest BCUT2D eigenvalue weighted by molar-refractivity contribution is 7.19. The minimum absolute atomic E-state index is 0.806. The Balaban J connectivity index is 1.57. The van der Waals surface area contributed by atoms with Gasteiger partial charge in [-0.2, -0.15) is 5.10 Å². The Labute approximate surface area is 151 Å². The van der Waals surface area contributed by atoms with E-state index in [2.05, 4.69) is 39.7 Å². The van der Waals surface area contributed by atoms with E-state index in [0.29, 0.717) is 0 Å². The van der Waals surface area contributed by atoms with Crippen LogP contribution >= 0.6 is 11.3 Å². The predicted octanol–water partition coefficient (Wildman–Crippen LogP) is 4.64. The molecule has 0 fully saturated rings. The normalized spacial score (nSPS) is 17.7. The molecule has 5 heteroatoms. The van der Waals surface area contributed by atoms with E-state index in [9.17, 15) is 0 Å². The van der Waals surface area contributed by atoms with Gasteiger partial charge in [0.2, 0.25) is 0 Å². The molecule has 2 aliphatic rings. The summed E-state index contributed by atoms with van der Waals surface area (Å²) in [6, 6.07) is 8.54. The Hall–Kier alpha value is -2.27. The fourth-order valence-corrected chi connectivity index (χ4v) is 5.30.